The van der Waals surface area contributed by atoms with Crippen LogP contribution in [0.3, 0.4) is 0 Å². The molecule has 3 aliphatic heterocycles. The van der Waals surface area contributed by atoms with E-state index in [1.807, 2.05) is 6.08 Å². The van der Waals surface area contributed by atoms with Crippen LogP contribution in [0.5, 0.6) is 0 Å². The molecule has 19 heteroatoms. The van der Waals surface area contributed by atoms with Gasteiger partial charge in [0.1, 0.15) is 73.2 Å². The van der Waals surface area contributed by atoms with Gasteiger partial charge in [-0.1, -0.05) is 359 Å². The molecule has 0 aromatic heterocycles. The summed E-state index contributed by atoms with van der Waals surface area (Å²) in [6.07, 6.45) is 53.4. The van der Waals surface area contributed by atoms with E-state index in [4.69, 9.17) is 28.4 Å². The van der Waals surface area contributed by atoms with Gasteiger partial charge in [-0.15, -0.1) is 0 Å². The first-order chi connectivity index (χ1) is 50.3. The summed E-state index contributed by atoms with van der Waals surface area (Å²) in [5.41, 5.74) is 0. The molecule has 3 heterocycles. The normalized spacial score (nSPS) is 26.1. The standard InChI is InChI=1S/C84H159NO18/c1-3-5-7-9-11-13-15-17-19-21-23-25-27-28-29-30-31-32-33-34-35-36-37-38-40-42-44-46-48-50-52-54-56-58-60-62-72(90)85-67(68(89)61-59-57-55-53-51-49-47-45-43-41-39-26-24-22-20-18-16-14-12-10-8-6-4-2)66-98-82-78(96)75(93)80(70(64-87)100-82)103-84-79(97)76(94)81(71(65-88)101-84)102-83-77(95)74(92)73(91)69(63-86)99-83/h51,53,59,61,67-71,73-84,86-89,91-97H,3-50,52,54-58,60,62-66H2,1-2H3,(H,85,90)/b53-51+,61-59+. The summed E-state index contributed by atoms with van der Waals surface area (Å²) >= 11 is 0. The maximum atomic E-state index is 13.5. The van der Waals surface area contributed by atoms with Gasteiger partial charge in [0, 0.05) is 6.42 Å². The van der Waals surface area contributed by atoms with E-state index in [1.54, 1.807) is 6.08 Å². The monoisotopic (exact) mass is 1470 g/mol. The lowest BCUT2D eigenvalue weighted by molar-refractivity contribution is -0.379. The van der Waals surface area contributed by atoms with E-state index in [0.717, 1.165) is 38.5 Å². The molecule has 19 nitrogen and oxygen atoms in total. The Hall–Kier alpha value is -1.73. The molecule has 0 aliphatic carbocycles. The number of hydrogen-bond acceptors (Lipinski definition) is 18. The SMILES string of the molecule is CCCCCCCCCCCCCCCCCCC/C=C/CC/C=C/C(O)C(COC1OC(CO)C(OC2OC(CO)C(OC3OC(CO)C(O)C(O)C3O)C(O)C2O)C(O)C1O)NC(=O)CCCCCCCCCCCCCCCCCCCCCCCCCCCCCCCCCCCCC. The highest BCUT2D eigenvalue weighted by molar-refractivity contribution is 5.76. The molecule has 3 fully saturated rings. The topological polar surface area (TPSA) is 307 Å². The number of carbonyl (C=O) groups excluding carboxylic acids is 1. The lowest BCUT2D eigenvalue weighted by atomic mass is 9.96. The summed E-state index contributed by atoms with van der Waals surface area (Å²) < 4.78 is 34.5. The van der Waals surface area contributed by atoms with Crippen molar-refractivity contribution in [2.45, 2.75) is 478 Å². The molecule has 3 rings (SSSR count). The van der Waals surface area contributed by atoms with Crippen molar-refractivity contribution in [2.24, 2.45) is 0 Å². The second kappa shape index (κ2) is 65.0. The van der Waals surface area contributed by atoms with E-state index in [9.17, 15) is 61.0 Å². The average molecular weight is 1470 g/mol. The molecule has 17 unspecified atom stereocenters. The van der Waals surface area contributed by atoms with Crippen LogP contribution in [0, 0.1) is 0 Å². The van der Waals surface area contributed by atoms with Crippen molar-refractivity contribution >= 4 is 5.91 Å². The minimum Gasteiger partial charge on any atom is -0.394 e. The number of rotatable bonds is 70. The third-order valence-corrected chi connectivity index (χ3v) is 21.8. The largest absolute Gasteiger partial charge is 0.394 e. The van der Waals surface area contributed by atoms with Crippen LogP contribution in [0.25, 0.3) is 0 Å². The van der Waals surface area contributed by atoms with Crippen molar-refractivity contribution in [2.75, 3.05) is 26.4 Å². The molecule has 0 bridgehead atoms. The van der Waals surface area contributed by atoms with Gasteiger partial charge in [-0.3, -0.25) is 4.79 Å². The highest BCUT2D eigenvalue weighted by atomic mass is 16.8. The first-order valence-corrected chi connectivity index (χ1v) is 43.1. The van der Waals surface area contributed by atoms with Crippen molar-refractivity contribution in [3.05, 3.63) is 24.3 Å². The van der Waals surface area contributed by atoms with E-state index in [2.05, 4.69) is 31.3 Å². The van der Waals surface area contributed by atoms with Crippen LogP contribution in [0.4, 0.5) is 0 Å². The second-order valence-corrected chi connectivity index (χ2v) is 31.0. The van der Waals surface area contributed by atoms with Crippen LogP contribution < -0.4 is 5.32 Å². The van der Waals surface area contributed by atoms with Crippen LogP contribution in [0.2, 0.25) is 0 Å². The maximum absolute atomic E-state index is 13.5. The number of aliphatic hydroxyl groups excluding tert-OH is 11. The Kier molecular flexibility index (Phi) is 60.3. The van der Waals surface area contributed by atoms with Crippen molar-refractivity contribution in [3.8, 4) is 0 Å². The van der Waals surface area contributed by atoms with Crippen LogP contribution in [0.15, 0.2) is 24.3 Å². The van der Waals surface area contributed by atoms with Gasteiger partial charge in [0.15, 0.2) is 18.9 Å². The quantitative estimate of drug-likeness (QED) is 0.0199. The smallest absolute Gasteiger partial charge is 0.220 e. The fourth-order valence-electron chi connectivity index (χ4n) is 14.9. The average Bonchev–Trinajstić information content (AvgIpc) is 0.780. The molecule has 3 saturated heterocycles. The van der Waals surface area contributed by atoms with Crippen molar-refractivity contribution in [1.29, 1.82) is 0 Å². The summed E-state index contributed by atoms with van der Waals surface area (Å²) in [6.45, 7) is 1.79. The van der Waals surface area contributed by atoms with Crippen molar-refractivity contribution in [1.82, 2.24) is 5.32 Å². The number of amides is 1. The molecule has 0 aromatic carbocycles. The Bertz CT molecular complexity index is 1950. The first kappa shape index (κ1) is 95.5. The zero-order valence-corrected chi connectivity index (χ0v) is 65.3. The lowest BCUT2D eigenvalue weighted by Gasteiger charge is -2.48. The number of carbonyl (C=O) groups is 1. The van der Waals surface area contributed by atoms with Gasteiger partial charge >= 0.3 is 0 Å². The highest BCUT2D eigenvalue weighted by Gasteiger charge is 2.54. The minimum absolute atomic E-state index is 0.241. The predicted octanol–water partition coefficient (Wildman–Crippen LogP) is 15.3. The van der Waals surface area contributed by atoms with E-state index in [-0.39, 0.29) is 18.9 Å². The summed E-state index contributed by atoms with van der Waals surface area (Å²) in [6, 6.07) is -0.989. The molecule has 0 radical (unpaired) electrons. The Morgan fingerprint density at radius 1 is 0.340 bits per heavy atom. The summed E-state index contributed by atoms with van der Waals surface area (Å²) in [5.74, 6) is -0.276. The van der Waals surface area contributed by atoms with Crippen LogP contribution in [-0.4, -0.2) is 193 Å². The Labute approximate surface area is 626 Å². The number of hydrogen-bond donors (Lipinski definition) is 12. The first-order valence-electron chi connectivity index (χ1n) is 43.1. The van der Waals surface area contributed by atoms with Gasteiger partial charge in [-0.25, -0.2) is 0 Å². The number of ether oxygens (including phenoxy) is 6. The Morgan fingerprint density at radius 2 is 0.621 bits per heavy atom. The third-order valence-electron chi connectivity index (χ3n) is 21.8. The van der Waals surface area contributed by atoms with Crippen molar-refractivity contribution < 1.29 is 89.4 Å². The molecule has 608 valence electrons. The molecule has 3 aliphatic rings. The van der Waals surface area contributed by atoms with E-state index in [1.165, 1.54) is 302 Å². The van der Waals surface area contributed by atoms with Gasteiger partial charge in [0.2, 0.25) is 5.91 Å². The van der Waals surface area contributed by atoms with E-state index in [0.29, 0.717) is 12.8 Å². The van der Waals surface area contributed by atoms with Crippen LogP contribution >= 0.6 is 0 Å². The van der Waals surface area contributed by atoms with Gasteiger partial charge < -0.3 is 89.9 Å². The molecule has 17 atom stereocenters. The molecule has 1 amide bonds. The highest BCUT2D eigenvalue weighted by Crippen LogP contribution is 2.33. The molecule has 0 saturated carbocycles. The molecular formula is C84H159NO18. The molecular weight excluding hydrogens is 1310 g/mol. The van der Waals surface area contributed by atoms with Crippen molar-refractivity contribution in [3.63, 3.8) is 0 Å². The maximum Gasteiger partial charge on any atom is 0.220 e. The number of aliphatic hydroxyl groups is 11. The summed E-state index contributed by atoms with van der Waals surface area (Å²) in [4.78, 5) is 13.5. The Morgan fingerprint density at radius 3 is 0.971 bits per heavy atom. The summed E-state index contributed by atoms with van der Waals surface area (Å²) in [5, 5.41) is 121. The molecule has 0 spiro atoms. The molecule has 12 N–H and O–H groups in total. The number of nitrogens with one attached hydrogen (secondary N) is 1. The second-order valence-electron chi connectivity index (χ2n) is 31.0. The fourth-order valence-corrected chi connectivity index (χ4v) is 14.9. The van der Waals surface area contributed by atoms with Gasteiger partial charge in [0.25, 0.3) is 0 Å². The fraction of sp³-hybridized carbons (Fsp3) is 0.940. The number of allylic oxidation sites excluding steroid dienone is 3. The predicted molar refractivity (Wildman–Crippen MR) is 411 cm³/mol. The third kappa shape index (κ3) is 44.6. The minimum atomic E-state index is -1.98. The van der Waals surface area contributed by atoms with E-state index < -0.39 is 124 Å². The zero-order valence-electron chi connectivity index (χ0n) is 65.3. The Balaban J connectivity index is 1.33. The van der Waals surface area contributed by atoms with E-state index >= 15 is 0 Å². The summed E-state index contributed by atoms with van der Waals surface area (Å²) in [7, 11) is 0. The zero-order chi connectivity index (χ0) is 74.6. The van der Waals surface area contributed by atoms with Crippen LogP contribution in [-0.2, 0) is 33.2 Å². The van der Waals surface area contributed by atoms with Crippen LogP contribution in [0.1, 0.15) is 373 Å². The molecule has 0 aromatic rings. The number of unbranched alkanes of at least 4 members (excludes halogenated alkanes) is 52. The van der Waals surface area contributed by atoms with Gasteiger partial charge in [-0.2, -0.15) is 0 Å². The van der Waals surface area contributed by atoms with Gasteiger partial charge in [-0.05, 0) is 32.1 Å². The lowest BCUT2D eigenvalue weighted by Crippen LogP contribution is -2.66. The molecule has 103 heavy (non-hydrogen) atoms. The van der Waals surface area contributed by atoms with Gasteiger partial charge in [0.05, 0.1) is 38.6 Å².